The Morgan fingerprint density at radius 3 is 2.81 bits per heavy atom. The van der Waals surface area contributed by atoms with Crippen LogP contribution in [0.15, 0.2) is 24.3 Å². The fourth-order valence-electron chi connectivity index (χ4n) is 2.42. The molecule has 116 valence electrons. The quantitative estimate of drug-likeness (QED) is 0.856. The highest BCUT2D eigenvalue weighted by Crippen LogP contribution is 2.11. The summed E-state index contributed by atoms with van der Waals surface area (Å²) in [6, 6.07) is 7.95. The van der Waals surface area contributed by atoms with Crippen molar-refractivity contribution in [2.45, 2.75) is 32.4 Å². The van der Waals surface area contributed by atoms with Gasteiger partial charge in [-0.25, -0.2) is 0 Å². The summed E-state index contributed by atoms with van der Waals surface area (Å²) < 4.78 is 5.60. The number of anilines is 1. The van der Waals surface area contributed by atoms with Gasteiger partial charge in [0.15, 0.2) is 0 Å². The number of hydrogen-bond acceptors (Lipinski definition) is 4. The Balaban J connectivity index is 1.83. The van der Waals surface area contributed by atoms with Crippen molar-refractivity contribution in [3.63, 3.8) is 0 Å². The molecule has 3 N–H and O–H groups in total. The minimum absolute atomic E-state index is 0.00423. The number of morpholine rings is 1. The Morgan fingerprint density at radius 1 is 1.48 bits per heavy atom. The molecule has 2 atom stereocenters. The van der Waals surface area contributed by atoms with Crippen molar-refractivity contribution in [3.05, 3.63) is 29.8 Å². The molecule has 1 amide bonds. The molecule has 5 nitrogen and oxygen atoms in total. The highest BCUT2D eigenvalue weighted by molar-refractivity contribution is 5.92. The van der Waals surface area contributed by atoms with E-state index in [1.54, 1.807) is 0 Å². The molecule has 5 heteroatoms. The topological polar surface area (TPSA) is 67.6 Å². The predicted molar refractivity (Wildman–Crippen MR) is 84.3 cm³/mol. The number of nitrogens with two attached hydrogens (primary N) is 1. The molecule has 0 aliphatic carbocycles. The molecule has 0 spiro atoms. The van der Waals surface area contributed by atoms with Crippen molar-refractivity contribution in [2.24, 2.45) is 5.73 Å². The predicted octanol–water partition coefficient (Wildman–Crippen LogP) is 1.24. The molecular formula is C16H25N3O2. The fourth-order valence-corrected chi connectivity index (χ4v) is 2.42. The van der Waals surface area contributed by atoms with Crippen LogP contribution in [0.3, 0.4) is 0 Å². The average molecular weight is 291 g/mol. The SMILES string of the molecule is CCc1ccc(NC(=O)CN2CCOC(C(C)N)C2)cc1. The third kappa shape index (κ3) is 4.81. The van der Waals surface area contributed by atoms with Crippen LogP contribution in [-0.2, 0) is 16.0 Å². The molecular weight excluding hydrogens is 266 g/mol. The first-order valence-corrected chi connectivity index (χ1v) is 7.57. The van der Waals surface area contributed by atoms with Gasteiger partial charge in [-0.05, 0) is 31.0 Å². The third-order valence-electron chi connectivity index (χ3n) is 3.78. The summed E-state index contributed by atoms with van der Waals surface area (Å²) in [4.78, 5) is 14.2. The number of benzene rings is 1. The van der Waals surface area contributed by atoms with E-state index in [1.165, 1.54) is 5.56 Å². The van der Waals surface area contributed by atoms with E-state index >= 15 is 0 Å². The van der Waals surface area contributed by atoms with Crippen molar-refractivity contribution in [2.75, 3.05) is 31.6 Å². The second-order valence-electron chi connectivity index (χ2n) is 5.60. The maximum Gasteiger partial charge on any atom is 0.238 e. The van der Waals surface area contributed by atoms with Crippen LogP contribution in [0.5, 0.6) is 0 Å². The van der Waals surface area contributed by atoms with Crippen LogP contribution in [0.25, 0.3) is 0 Å². The smallest absolute Gasteiger partial charge is 0.238 e. The number of ether oxygens (including phenoxy) is 1. The maximum atomic E-state index is 12.1. The summed E-state index contributed by atoms with van der Waals surface area (Å²) in [5, 5.41) is 2.93. The Labute approximate surface area is 126 Å². The summed E-state index contributed by atoms with van der Waals surface area (Å²) in [5.41, 5.74) is 7.97. The first-order chi connectivity index (χ1) is 10.1. The summed E-state index contributed by atoms with van der Waals surface area (Å²) in [5.74, 6) is 0.00423. The van der Waals surface area contributed by atoms with Crippen molar-refractivity contribution < 1.29 is 9.53 Å². The number of hydrogen-bond donors (Lipinski definition) is 2. The highest BCUT2D eigenvalue weighted by Gasteiger charge is 2.24. The third-order valence-corrected chi connectivity index (χ3v) is 3.78. The minimum atomic E-state index is -0.0163. The zero-order chi connectivity index (χ0) is 15.2. The Hall–Kier alpha value is -1.43. The molecule has 1 fully saturated rings. The largest absolute Gasteiger partial charge is 0.374 e. The van der Waals surface area contributed by atoms with Gasteiger partial charge in [-0.3, -0.25) is 9.69 Å². The minimum Gasteiger partial charge on any atom is -0.374 e. The summed E-state index contributed by atoms with van der Waals surface area (Å²) in [6.07, 6.45) is 1.01. The van der Waals surface area contributed by atoms with Crippen LogP contribution in [0.2, 0.25) is 0 Å². The molecule has 2 unspecified atom stereocenters. The standard InChI is InChI=1S/C16H25N3O2/c1-3-13-4-6-14(7-5-13)18-16(20)11-19-8-9-21-15(10-19)12(2)17/h4-7,12,15H,3,8-11,17H2,1-2H3,(H,18,20). The Bertz CT molecular complexity index is 459. The molecule has 1 saturated heterocycles. The van der Waals surface area contributed by atoms with Crippen molar-refractivity contribution in [1.82, 2.24) is 4.90 Å². The van der Waals surface area contributed by atoms with Crippen LogP contribution >= 0.6 is 0 Å². The number of carbonyl (C=O) groups is 1. The van der Waals surface area contributed by atoms with Gasteiger partial charge >= 0.3 is 0 Å². The van der Waals surface area contributed by atoms with Crippen LogP contribution in [0, 0.1) is 0 Å². The van der Waals surface area contributed by atoms with Crippen molar-refractivity contribution in [3.8, 4) is 0 Å². The number of aryl methyl sites for hydroxylation is 1. The van der Waals surface area contributed by atoms with Gasteiger partial charge in [-0.15, -0.1) is 0 Å². The fraction of sp³-hybridized carbons (Fsp3) is 0.562. The van der Waals surface area contributed by atoms with Crippen molar-refractivity contribution >= 4 is 11.6 Å². The molecule has 1 aliphatic heterocycles. The lowest BCUT2D eigenvalue weighted by Gasteiger charge is -2.34. The van der Waals surface area contributed by atoms with Gasteiger partial charge in [-0.1, -0.05) is 19.1 Å². The monoisotopic (exact) mass is 291 g/mol. The van der Waals surface area contributed by atoms with Gasteiger partial charge < -0.3 is 15.8 Å². The van der Waals surface area contributed by atoms with Gasteiger partial charge in [0.1, 0.15) is 0 Å². The van der Waals surface area contributed by atoms with Crippen LogP contribution in [-0.4, -0.2) is 49.2 Å². The lowest BCUT2D eigenvalue weighted by molar-refractivity contribution is -0.119. The molecule has 1 aliphatic rings. The summed E-state index contributed by atoms with van der Waals surface area (Å²) in [6.45, 7) is 6.53. The van der Waals surface area contributed by atoms with E-state index in [0.29, 0.717) is 19.7 Å². The van der Waals surface area contributed by atoms with Gasteiger partial charge in [0.25, 0.3) is 0 Å². The molecule has 1 heterocycles. The van der Waals surface area contributed by atoms with Gasteiger partial charge in [0.05, 0.1) is 19.3 Å². The van der Waals surface area contributed by atoms with E-state index in [4.69, 9.17) is 10.5 Å². The lowest BCUT2D eigenvalue weighted by atomic mass is 10.1. The van der Waals surface area contributed by atoms with Gasteiger partial charge in [0, 0.05) is 24.8 Å². The summed E-state index contributed by atoms with van der Waals surface area (Å²) >= 11 is 0. The van der Waals surface area contributed by atoms with Crippen LogP contribution in [0.4, 0.5) is 5.69 Å². The zero-order valence-corrected chi connectivity index (χ0v) is 12.8. The highest BCUT2D eigenvalue weighted by atomic mass is 16.5. The molecule has 0 saturated carbocycles. The second-order valence-corrected chi connectivity index (χ2v) is 5.60. The first-order valence-electron chi connectivity index (χ1n) is 7.57. The Morgan fingerprint density at radius 2 is 2.19 bits per heavy atom. The summed E-state index contributed by atoms with van der Waals surface area (Å²) in [7, 11) is 0. The number of nitrogens with zero attached hydrogens (tertiary/aromatic N) is 1. The molecule has 1 aromatic carbocycles. The van der Waals surface area contributed by atoms with Gasteiger partial charge in [0.2, 0.25) is 5.91 Å². The maximum absolute atomic E-state index is 12.1. The molecule has 0 aromatic heterocycles. The van der Waals surface area contributed by atoms with E-state index in [1.807, 2.05) is 31.2 Å². The van der Waals surface area contributed by atoms with Crippen LogP contribution in [0.1, 0.15) is 19.4 Å². The van der Waals surface area contributed by atoms with Crippen molar-refractivity contribution in [1.29, 1.82) is 0 Å². The number of nitrogens with one attached hydrogen (secondary N) is 1. The first kappa shape index (κ1) is 15.9. The molecule has 0 radical (unpaired) electrons. The van der Waals surface area contributed by atoms with E-state index in [2.05, 4.69) is 17.1 Å². The average Bonchev–Trinajstić information content (AvgIpc) is 2.48. The van der Waals surface area contributed by atoms with Crippen LogP contribution < -0.4 is 11.1 Å². The second kappa shape index (κ2) is 7.54. The molecule has 21 heavy (non-hydrogen) atoms. The Kier molecular flexibility index (Phi) is 5.73. The number of carbonyl (C=O) groups excluding carboxylic acids is 1. The van der Waals surface area contributed by atoms with E-state index in [0.717, 1.165) is 18.7 Å². The van der Waals surface area contributed by atoms with E-state index in [-0.39, 0.29) is 18.1 Å². The molecule has 0 bridgehead atoms. The van der Waals surface area contributed by atoms with Gasteiger partial charge in [-0.2, -0.15) is 0 Å². The molecule has 1 aromatic rings. The molecule has 2 rings (SSSR count). The number of amides is 1. The number of rotatable bonds is 5. The van der Waals surface area contributed by atoms with E-state index < -0.39 is 0 Å². The normalized spacial score (nSPS) is 21.0. The van der Waals surface area contributed by atoms with E-state index in [9.17, 15) is 4.79 Å². The lowest BCUT2D eigenvalue weighted by Crippen LogP contribution is -2.51. The zero-order valence-electron chi connectivity index (χ0n) is 12.8.